The van der Waals surface area contributed by atoms with Crippen LogP contribution in [0.3, 0.4) is 0 Å². The Hall–Kier alpha value is -1.72. The van der Waals surface area contributed by atoms with E-state index in [0.717, 1.165) is 38.6 Å². The molecule has 1 heterocycles. The van der Waals surface area contributed by atoms with Gasteiger partial charge in [0.25, 0.3) is 11.8 Å². The molecule has 3 rings (SSSR count). The van der Waals surface area contributed by atoms with Crippen molar-refractivity contribution in [1.82, 2.24) is 10.2 Å². The Morgan fingerprint density at radius 1 is 1.20 bits per heavy atom. The molecule has 136 valence electrons. The minimum Gasteiger partial charge on any atom is -0.393 e. The first-order valence-electron chi connectivity index (χ1n) is 9.43. The van der Waals surface area contributed by atoms with E-state index in [1.807, 2.05) is 0 Å². The van der Waals surface area contributed by atoms with Crippen LogP contribution in [0.1, 0.15) is 66.2 Å². The number of benzene rings is 1. The van der Waals surface area contributed by atoms with Crippen LogP contribution in [0, 0.1) is 5.92 Å². The normalized spacial score (nSPS) is 24.5. The van der Waals surface area contributed by atoms with Gasteiger partial charge in [-0.3, -0.25) is 14.5 Å². The lowest BCUT2D eigenvalue weighted by Gasteiger charge is -2.27. The molecule has 1 aromatic rings. The van der Waals surface area contributed by atoms with Crippen molar-refractivity contribution in [2.75, 3.05) is 13.1 Å². The summed E-state index contributed by atoms with van der Waals surface area (Å²) in [5, 5.41) is 13.3. The number of carbonyl (C=O) groups excluding carboxylic acids is 2. The van der Waals surface area contributed by atoms with Crippen LogP contribution in [0.2, 0.25) is 0 Å². The number of hydrogen-bond donors (Lipinski definition) is 2. The van der Waals surface area contributed by atoms with Crippen molar-refractivity contribution >= 4 is 11.8 Å². The van der Waals surface area contributed by atoms with Crippen LogP contribution in [0.5, 0.6) is 0 Å². The number of aliphatic hydroxyl groups excluding tert-OH is 1. The van der Waals surface area contributed by atoms with Gasteiger partial charge in [0.15, 0.2) is 0 Å². The van der Waals surface area contributed by atoms with E-state index in [9.17, 15) is 14.7 Å². The Morgan fingerprint density at radius 3 is 2.52 bits per heavy atom. The summed E-state index contributed by atoms with van der Waals surface area (Å²) in [4.78, 5) is 26.0. The third-order valence-corrected chi connectivity index (χ3v) is 5.41. The lowest BCUT2D eigenvalue weighted by molar-refractivity contribution is 0.0650. The lowest BCUT2D eigenvalue weighted by Crippen LogP contribution is -2.35. The van der Waals surface area contributed by atoms with Gasteiger partial charge in [-0.05, 0) is 63.6 Å². The highest BCUT2D eigenvalue weighted by molar-refractivity contribution is 6.21. The van der Waals surface area contributed by atoms with Crippen molar-refractivity contribution in [2.45, 2.75) is 57.6 Å². The molecule has 0 radical (unpaired) electrons. The maximum Gasteiger partial charge on any atom is 0.261 e. The fourth-order valence-electron chi connectivity index (χ4n) is 3.92. The summed E-state index contributed by atoms with van der Waals surface area (Å²) in [6.07, 6.45) is 5.72. The minimum absolute atomic E-state index is 0.135. The van der Waals surface area contributed by atoms with E-state index in [4.69, 9.17) is 0 Å². The Morgan fingerprint density at radius 2 is 1.88 bits per heavy atom. The van der Waals surface area contributed by atoms with Gasteiger partial charge in [-0.2, -0.15) is 0 Å². The van der Waals surface area contributed by atoms with Crippen molar-refractivity contribution in [3.8, 4) is 0 Å². The van der Waals surface area contributed by atoms with Gasteiger partial charge in [-0.1, -0.05) is 18.6 Å². The number of imide groups is 1. The zero-order valence-corrected chi connectivity index (χ0v) is 14.9. The molecule has 0 aromatic heterocycles. The van der Waals surface area contributed by atoms with Crippen LogP contribution < -0.4 is 5.32 Å². The molecular weight excluding hydrogens is 316 g/mol. The molecule has 25 heavy (non-hydrogen) atoms. The average molecular weight is 344 g/mol. The van der Waals surface area contributed by atoms with Crippen molar-refractivity contribution in [2.24, 2.45) is 5.92 Å². The van der Waals surface area contributed by atoms with Crippen LogP contribution in [-0.2, 0) is 0 Å². The molecule has 1 aromatic carbocycles. The van der Waals surface area contributed by atoms with Gasteiger partial charge < -0.3 is 10.4 Å². The first kappa shape index (κ1) is 18.1. The molecule has 0 bridgehead atoms. The fourth-order valence-corrected chi connectivity index (χ4v) is 3.92. The van der Waals surface area contributed by atoms with E-state index in [0.29, 0.717) is 29.6 Å². The van der Waals surface area contributed by atoms with Gasteiger partial charge in [0.1, 0.15) is 0 Å². The Bertz CT molecular complexity index is 596. The second-order valence-electron chi connectivity index (χ2n) is 7.45. The molecule has 0 saturated heterocycles. The SMILES string of the molecule is CC(CCCN1C(=O)c2ccccc2C1=O)NCC1CCCC(O)C1. The number of nitrogens with zero attached hydrogens (tertiary/aromatic N) is 1. The molecule has 2 amide bonds. The zero-order chi connectivity index (χ0) is 17.8. The first-order valence-corrected chi connectivity index (χ1v) is 9.43. The third-order valence-electron chi connectivity index (χ3n) is 5.41. The van der Waals surface area contributed by atoms with Gasteiger partial charge in [0.2, 0.25) is 0 Å². The van der Waals surface area contributed by atoms with Crippen molar-refractivity contribution in [3.05, 3.63) is 35.4 Å². The number of nitrogens with one attached hydrogen (secondary N) is 1. The third kappa shape index (κ3) is 4.28. The molecule has 1 fully saturated rings. The molecule has 1 saturated carbocycles. The van der Waals surface area contributed by atoms with Crippen LogP contribution in [0.15, 0.2) is 24.3 Å². The summed E-state index contributed by atoms with van der Waals surface area (Å²) >= 11 is 0. The summed E-state index contributed by atoms with van der Waals surface area (Å²) in [5.41, 5.74) is 1.05. The quantitative estimate of drug-likeness (QED) is 0.746. The van der Waals surface area contributed by atoms with E-state index in [2.05, 4.69) is 12.2 Å². The number of rotatable bonds is 7. The number of carbonyl (C=O) groups is 2. The Kier molecular flexibility index (Phi) is 5.86. The standard InChI is InChI=1S/C20H28N2O3/c1-14(21-13-15-7-4-8-16(23)12-15)6-5-11-22-19(24)17-9-2-3-10-18(17)20(22)25/h2-3,9-10,14-16,21,23H,4-8,11-13H2,1H3. The minimum atomic E-state index is -0.169. The summed E-state index contributed by atoms with van der Waals surface area (Å²) < 4.78 is 0. The highest BCUT2D eigenvalue weighted by atomic mass is 16.3. The molecule has 1 aliphatic heterocycles. The van der Waals surface area contributed by atoms with Crippen molar-refractivity contribution in [1.29, 1.82) is 0 Å². The number of amides is 2. The lowest BCUT2D eigenvalue weighted by atomic mass is 9.87. The summed E-state index contributed by atoms with van der Waals surface area (Å²) in [7, 11) is 0. The molecule has 5 heteroatoms. The molecular formula is C20H28N2O3. The number of fused-ring (bicyclic) bond motifs is 1. The molecule has 3 atom stereocenters. The van der Waals surface area contributed by atoms with Gasteiger partial charge in [-0.15, -0.1) is 0 Å². The maximum atomic E-state index is 12.3. The van der Waals surface area contributed by atoms with E-state index in [1.165, 1.54) is 11.3 Å². The second-order valence-corrected chi connectivity index (χ2v) is 7.45. The maximum absolute atomic E-state index is 12.3. The van der Waals surface area contributed by atoms with Crippen molar-refractivity contribution < 1.29 is 14.7 Å². The number of hydrogen-bond acceptors (Lipinski definition) is 4. The summed E-state index contributed by atoms with van der Waals surface area (Å²) in [5.74, 6) is 0.220. The van der Waals surface area contributed by atoms with Crippen LogP contribution in [0.4, 0.5) is 0 Å². The van der Waals surface area contributed by atoms with Crippen LogP contribution >= 0.6 is 0 Å². The number of aliphatic hydroxyl groups is 1. The largest absolute Gasteiger partial charge is 0.393 e. The topological polar surface area (TPSA) is 69.6 Å². The van der Waals surface area contributed by atoms with Crippen molar-refractivity contribution in [3.63, 3.8) is 0 Å². The van der Waals surface area contributed by atoms with E-state index in [-0.39, 0.29) is 17.9 Å². The van der Waals surface area contributed by atoms with Gasteiger partial charge >= 0.3 is 0 Å². The van der Waals surface area contributed by atoms with Gasteiger partial charge in [-0.25, -0.2) is 0 Å². The molecule has 3 unspecified atom stereocenters. The second kappa shape index (κ2) is 8.11. The Labute approximate surface area is 149 Å². The smallest absolute Gasteiger partial charge is 0.261 e. The first-order chi connectivity index (χ1) is 12.1. The fraction of sp³-hybridized carbons (Fsp3) is 0.600. The zero-order valence-electron chi connectivity index (χ0n) is 14.9. The monoisotopic (exact) mass is 344 g/mol. The summed E-state index contributed by atoms with van der Waals surface area (Å²) in [6, 6.07) is 7.37. The highest BCUT2D eigenvalue weighted by Crippen LogP contribution is 2.24. The molecule has 2 N–H and O–H groups in total. The molecule has 0 spiro atoms. The van der Waals surface area contributed by atoms with Crippen LogP contribution in [-0.4, -0.2) is 47.1 Å². The van der Waals surface area contributed by atoms with E-state index in [1.54, 1.807) is 24.3 Å². The van der Waals surface area contributed by atoms with Crippen LogP contribution in [0.25, 0.3) is 0 Å². The molecule has 5 nitrogen and oxygen atoms in total. The van der Waals surface area contributed by atoms with Gasteiger partial charge in [0.05, 0.1) is 17.2 Å². The predicted octanol–water partition coefficient (Wildman–Crippen LogP) is 2.59. The summed E-state index contributed by atoms with van der Waals surface area (Å²) in [6.45, 7) is 3.55. The average Bonchev–Trinajstić information content (AvgIpc) is 2.85. The van der Waals surface area contributed by atoms with Gasteiger partial charge in [0, 0.05) is 12.6 Å². The highest BCUT2D eigenvalue weighted by Gasteiger charge is 2.34. The van der Waals surface area contributed by atoms with E-state index >= 15 is 0 Å². The Balaban J connectivity index is 1.40. The molecule has 1 aliphatic carbocycles. The van der Waals surface area contributed by atoms with E-state index < -0.39 is 0 Å². The predicted molar refractivity (Wildman–Crippen MR) is 96.5 cm³/mol. The molecule has 2 aliphatic rings.